The van der Waals surface area contributed by atoms with E-state index in [0.29, 0.717) is 32.0 Å². The number of hydrogen-bond donors (Lipinski definition) is 3. The van der Waals surface area contributed by atoms with Gasteiger partial charge in [0.15, 0.2) is 5.96 Å². The summed E-state index contributed by atoms with van der Waals surface area (Å²) in [5, 5.41) is 13.6. The van der Waals surface area contributed by atoms with E-state index in [0.717, 1.165) is 12.5 Å². The van der Waals surface area contributed by atoms with Crippen LogP contribution in [0.3, 0.4) is 0 Å². The van der Waals surface area contributed by atoms with Crippen molar-refractivity contribution in [2.45, 2.75) is 45.6 Å². The van der Waals surface area contributed by atoms with Crippen molar-refractivity contribution in [1.82, 2.24) is 16.0 Å². The summed E-state index contributed by atoms with van der Waals surface area (Å²) in [4.78, 5) is 16.4. The van der Waals surface area contributed by atoms with E-state index >= 15 is 0 Å². The summed E-state index contributed by atoms with van der Waals surface area (Å²) < 4.78 is 0. The van der Waals surface area contributed by atoms with Crippen molar-refractivity contribution < 1.29 is 4.79 Å². The molecule has 0 aliphatic heterocycles. The number of amides is 1. The van der Waals surface area contributed by atoms with Gasteiger partial charge < -0.3 is 16.0 Å². The molecule has 1 amide bonds. The second kappa shape index (κ2) is 10.3. The summed E-state index contributed by atoms with van der Waals surface area (Å²) >= 11 is 1.68. The lowest BCUT2D eigenvalue weighted by atomic mass is 10.0. The van der Waals surface area contributed by atoms with Gasteiger partial charge in [-0.05, 0) is 48.1 Å². The van der Waals surface area contributed by atoms with Crippen molar-refractivity contribution in [3.63, 3.8) is 0 Å². The maximum absolute atomic E-state index is 11.9. The normalized spacial score (nSPS) is 15.6. The molecule has 23 heavy (non-hydrogen) atoms. The van der Waals surface area contributed by atoms with Gasteiger partial charge in [-0.1, -0.05) is 12.8 Å². The standard InChI is InChI=1S/C17H28N4OS/c1-2-18-17(21-12-15-7-10-23-13-15)20-9-8-19-16(22)11-14-5-3-4-6-14/h7,10,13-14H,2-6,8-9,11-12H2,1H3,(H,19,22)(H2,18,20,21). The zero-order chi connectivity index (χ0) is 16.3. The van der Waals surface area contributed by atoms with Crippen LogP contribution in [0.2, 0.25) is 0 Å². The minimum absolute atomic E-state index is 0.180. The Labute approximate surface area is 143 Å². The first-order valence-corrected chi connectivity index (χ1v) is 9.52. The Balaban J connectivity index is 1.63. The molecule has 0 aromatic carbocycles. The molecule has 2 rings (SSSR count). The number of guanidine groups is 1. The lowest BCUT2D eigenvalue weighted by Crippen LogP contribution is -2.41. The third-order valence-corrected chi connectivity index (χ3v) is 4.76. The number of hydrogen-bond acceptors (Lipinski definition) is 3. The van der Waals surface area contributed by atoms with E-state index in [4.69, 9.17) is 0 Å². The second-order valence-corrected chi connectivity index (χ2v) is 6.74. The molecule has 1 aliphatic rings. The van der Waals surface area contributed by atoms with Crippen LogP contribution in [0.15, 0.2) is 21.8 Å². The molecule has 1 heterocycles. The van der Waals surface area contributed by atoms with Crippen LogP contribution in [-0.2, 0) is 11.3 Å². The maximum atomic E-state index is 11.9. The number of rotatable bonds is 8. The largest absolute Gasteiger partial charge is 0.357 e. The van der Waals surface area contributed by atoms with Crippen LogP contribution in [0.4, 0.5) is 0 Å². The van der Waals surface area contributed by atoms with Crippen molar-refractivity contribution in [3.05, 3.63) is 22.4 Å². The highest BCUT2D eigenvalue weighted by molar-refractivity contribution is 7.07. The molecule has 0 atom stereocenters. The minimum Gasteiger partial charge on any atom is -0.357 e. The average molecular weight is 337 g/mol. The lowest BCUT2D eigenvalue weighted by molar-refractivity contribution is -0.121. The Morgan fingerprint density at radius 2 is 2.04 bits per heavy atom. The van der Waals surface area contributed by atoms with Crippen LogP contribution in [0.25, 0.3) is 0 Å². The van der Waals surface area contributed by atoms with E-state index in [1.807, 2.05) is 6.92 Å². The van der Waals surface area contributed by atoms with Gasteiger partial charge in [0.25, 0.3) is 0 Å². The van der Waals surface area contributed by atoms with Gasteiger partial charge in [-0.25, -0.2) is 4.99 Å². The zero-order valence-corrected chi connectivity index (χ0v) is 14.8. The molecule has 0 bridgehead atoms. The molecule has 1 aromatic heterocycles. The van der Waals surface area contributed by atoms with E-state index in [9.17, 15) is 4.79 Å². The molecule has 0 unspecified atom stereocenters. The number of thiophene rings is 1. The molecule has 0 saturated heterocycles. The first-order chi connectivity index (χ1) is 11.3. The van der Waals surface area contributed by atoms with Gasteiger partial charge in [0.1, 0.15) is 0 Å². The maximum Gasteiger partial charge on any atom is 0.220 e. The summed E-state index contributed by atoms with van der Waals surface area (Å²) in [6, 6.07) is 2.08. The highest BCUT2D eigenvalue weighted by Crippen LogP contribution is 2.27. The molecule has 1 saturated carbocycles. The van der Waals surface area contributed by atoms with Crippen LogP contribution < -0.4 is 16.0 Å². The van der Waals surface area contributed by atoms with Gasteiger partial charge in [0, 0.05) is 26.1 Å². The van der Waals surface area contributed by atoms with Crippen LogP contribution in [0.1, 0.15) is 44.6 Å². The Kier molecular flexibility index (Phi) is 7.93. The van der Waals surface area contributed by atoms with Gasteiger partial charge in [0.2, 0.25) is 5.91 Å². The molecule has 1 fully saturated rings. The van der Waals surface area contributed by atoms with Crippen LogP contribution in [0.5, 0.6) is 0 Å². The minimum atomic E-state index is 0.180. The predicted molar refractivity (Wildman–Crippen MR) is 96.7 cm³/mol. The average Bonchev–Trinajstić information content (AvgIpc) is 3.22. The van der Waals surface area contributed by atoms with E-state index in [-0.39, 0.29) is 5.91 Å². The fourth-order valence-electron chi connectivity index (χ4n) is 2.83. The highest BCUT2D eigenvalue weighted by atomic mass is 32.1. The summed E-state index contributed by atoms with van der Waals surface area (Å²) in [6.45, 7) is 4.86. The molecule has 1 aromatic rings. The van der Waals surface area contributed by atoms with Crippen LogP contribution in [0, 0.1) is 5.92 Å². The van der Waals surface area contributed by atoms with Crippen molar-refractivity contribution in [1.29, 1.82) is 0 Å². The fourth-order valence-corrected chi connectivity index (χ4v) is 3.49. The van der Waals surface area contributed by atoms with Crippen LogP contribution >= 0.6 is 11.3 Å². The van der Waals surface area contributed by atoms with E-state index < -0.39 is 0 Å². The number of nitrogens with one attached hydrogen (secondary N) is 3. The smallest absolute Gasteiger partial charge is 0.220 e. The third kappa shape index (κ3) is 7.03. The molecular weight excluding hydrogens is 308 g/mol. The summed E-state index contributed by atoms with van der Waals surface area (Å²) in [6.07, 6.45) is 5.68. The molecule has 0 radical (unpaired) electrons. The topological polar surface area (TPSA) is 65.5 Å². The first kappa shape index (κ1) is 17.8. The fraction of sp³-hybridized carbons (Fsp3) is 0.647. The summed E-state index contributed by atoms with van der Waals surface area (Å²) in [5.74, 6) is 1.58. The van der Waals surface area contributed by atoms with Gasteiger partial charge in [-0.15, -0.1) is 0 Å². The Morgan fingerprint density at radius 3 is 2.74 bits per heavy atom. The molecular formula is C17H28N4OS. The van der Waals surface area contributed by atoms with E-state index in [1.54, 1.807) is 11.3 Å². The number of carbonyl (C=O) groups excluding carboxylic acids is 1. The number of aliphatic imine (C=N–C) groups is 1. The second-order valence-electron chi connectivity index (χ2n) is 5.96. The van der Waals surface area contributed by atoms with Gasteiger partial charge in [0.05, 0.1) is 6.54 Å². The Bertz CT molecular complexity index is 481. The summed E-state index contributed by atoms with van der Waals surface area (Å²) in [7, 11) is 0. The third-order valence-electron chi connectivity index (χ3n) is 4.03. The first-order valence-electron chi connectivity index (χ1n) is 8.58. The van der Waals surface area contributed by atoms with Crippen molar-refractivity contribution in [2.24, 2.45) is 10.9 Å². The van der Waals surface area contributed by atoms with E-state index in [2.05, 4.69) is 37.8 Å². The zero-order valence-electron chi connectivity index (χ0n) is 13.9. The monoisotopic (exact) mass is 336 g/mol. The quantitative estimate of drug-likeness (QED) is 0.388. The lowest BCUT2D eigenvalue weighted by Gasteiger charge is -2.13. The highest BCUT2D eigenvalue weighted by Gasteiger charge is 2.17. The van der Waals surface area contributed by atoms with Gasteiger partial charge in [-0.3, -0.25) is 4.79 Å². The Morgan fingerprint density at radius 1 is 1.26 bits per heavy atom. The van der Waals surface area contributed by atoms with Crippen LogP contribution in [-0.4, -0.2) is 31.5 Å². The molecule has 3 N–H and O–H groups in total. The number of carbonyl (C=O) groups is 1. The Hall–Kier alpha value is -1.56. The van der Waals surface area contributed by atoms with Crippen molar-refractivity contribution >= 4 is 23.2 Å². The molecule has 5 nitrogen and oxygen atoms in total. The van der Waals surface area contributed by atoms with Crippen molar-refractivity contribution in [3.8, 4) is 0 Å². The van der Waals surface area contributed by atoms with Crippen molar-refractivity contribution in [2.75, 3.05) is 19.6 Å². The predicted octanol–water partition coefficient (Wildman–Crippen LogP) is 2.50. The number of nitrogens with zero attached hydrogens (tertiary/aromatic N) is 1. The van der Waals surface area contributed by atoms with Gasteiger partial charge in [-0.2, -0.15) is 11.3 Å². The van der Waals surface area contributed by atoms with Gasteiger partial charge >= 0.3 is 0 Å². The molecule has 1 aliphatic carbocycles. The molecule has 128 valence electrons. The summed E-state index contributed by atoms with van der Waals surface area (Å²) in [5.41, 5.74) is 1.22. The van der Waals surface area contributed by atoms with E-state index in [1.165, 1.54) is 31.2 Å². The molecule has 0 spiro atoms. The SMILES string of the molecule is CCNC(=NCc1ccsc1)NCCNC(=O)CC1CCCC1. The molecule has 6 heteroatoms.